The molecule has 2 heteroatoms. The van der Waals surface area contributed by atoms with Crippen molar-refractivity contribution in [3.8, 4) is 22.3 Å². The van der Waals surface area contributed by atoms with Crippen LogP contribution in [-0.4, -0.2) is 0 Å². The molecular formula is C36H21FO. The van der Waals surface area contributed by atoms with Crippen molar-refractivity contribution < 1.29 is 8.81 Å². The quantitative estimate of drug-likeness (QED) is 0.221. The number of halogens is 1. The topological polar surface area (TPSA) is 13.1 Å². The minimum absolute atomic E-state index is 0.231. The molecule has 38 heavy (non-hydrogen) atoms. The molecule has 0 bridgehead atoms. The molecule has 1 aromatic heterocycles. The molecule has 0 spiro atoms. The molecule has 0 unspecified atom stereocenters. The molecule has 0 N–H and O–H groups in total. The van der Waals surface area contributed by atoms with Gasteiger partial charge in [-0.3, -0.25) is 0 Å². The molecule has 1 nitrogen and oxygen atoms in total. The molecule has 1 heterocycles. The van der Waals surface area contributed by atoms with E-state index in [2.05, 4.69) is 103 Å². The summed E-state index contributed by atoms with van der Waals surface area (Å²) in [5.74, 6) is -0.231. The number of hydrogen-bond acceptors (Lipinski definition) is 1. The molecular weight excluding hydrogens is 467 g/mol. The Labute approximate surface area is 218 Å². The normalized spacial score (nSPS) is 11.8. The molecule has 0 fully saturated rings. The van der Waals surface area contributed by atoms with Crippen molar-refractivity contribution in [3.05, 3.63) is 133 Å². The molecule has 8 aromatic rings. The zero-order valence-electron chi connectivity index (χ0n) is 20.4. The van der Waals surface area contributed by atoms with E-state index in [4.69, 9.17) is 4.42 Å². The van der Waals surface area contributed by atoms with Crippen LogP contribution in [0.25, 0.3) is 76.5 Å². The minimum atomic E-state index is -0.231. The maximum absolute atomic E-state index is 13.8. The van der Waals surface area contributed by atoms with Crippen LogP contribution in [0.15, 0.2) is 132 Å². The molecule has 0 radical (unpaired) electrons. The van der Waals surface area contributed by atoms with Crippen LogP contribution >= 0.6 is 0 Å². The highest BCUT2D eigenvalue weighted by atomic mass is 19.1. The summed E-state index contributed by atoms with van der Waals surface area (Å²) < 4.78 is 20.3. The van der Waals surface area contributed by atoms with E-state index in [1.54, 1.807) is 0 Å². The van der Waals surface area contributed by atoms with Crippen LogP contribution in [0.5, 0.6) is 0 Å². The largest absolute Gasteiger partial charge is 0.456 e. The summed E-state index contributed by atoms with van der Waals surface area (Å²) in [6.45, 7) is 0. The van der Waals surface area contributed by atoms with Crippen LogP contribution in [0.1, 0.15) is 0 Å². The van der Waals surface area contributed by atoms with Crippen molar-refractivity contribution in [1.29, 1.82) is 0 Å². The summed E-state index contributed by atoms with van der Waals surface area (Å²) in [6, 6.07) is 43.0. The van der Waals surface area contributed by atoms with E-state index < -0.39 is 0 Å². The lowest BCUT2D eigenvalue weighted by Gasteiger charge is -2.18. The predicted molar refractivity (Wildman–Crippen MR) is 157 cm³/mol. The Bertz CT molecular complexity index is 2130. The average Bonchev–Trinajstić information content (AvgIpc) is 3.33. The summed E-state index contributed by atoms with van der Waals surface area (Å²) in [5, 5.41) is 9.20. The van der Waals surface area contributed by atoms with Gasteiger partial charge in [-0.05, 0) is 84.9 Å². The first-order valence-electron chi connectivity index (χ1n) is 12.8. The first kappa shape index (κ1) is 21.2. The van der Waals surface area contributed by atoms with E-state index in [1.807, 2.05) is 12.1 Å². The maximum Gasteiger partial charge on any atom is 0.136 e. The fourth-order valence-corrected chi connectivity index (χ4v) is 6.07. The second-order valence-electron chi connectivity index (χ2n) is 9.82. The Hall–Kier alpha value is -4.95. The lowest BCUT2D eigenvalue weighted by Crippen LogP contribution is -1.91. The van der Waals surface area contributed by atoms with Gasteiger partial charge in [0, 0.05) is 10.8 Å². The molecule has 0 saturated carbocycles. The minimum Gasteiger partial charge on any atom is -0.456 e. The Kier molecular flexibility index (Phi) is 4.47. The van der Waals surface area contributed by atoms with Gasteiger partial charge in [0.25, 0.3) is 0 Å². The van der Waals surface area contributed by atoms with Gasteiger partial charge in [0.1, 0.15) is 17.0 Å². The Morgan fingerprint density at radius 2 is 1.03 bits per heavy atom. The van der Waals surface area contributed by atoms with Gasteiger partial charge in [0.2, 0.25) is 0 Å². The van der Waals surface area contributed by atoms with Gasteiger partial charge in [-0.1, -0.05) is 97.1 Å². The second-order valence-corrected chi connectivity index (χ2v) is 9.82. The van der Waals surface area contributed by atoms with Crippen molar-refractivity contribution in [2.45, 2.75) is 0 Å². The summed E-state index contributed by atoms with van der Waals surface area (Å²) in [4.78, 5) is 0. The summed E-state index contributed by atoms with van der Waals surface area (Å²) in [7, 11) is 0. The van der Waals surface area contributed by atoms with Crippen molar-refractivity contribution in [3.63, 3.8) is 0 Å². The maximum atomic E-state index is 13.8. The van der Waals surface area contributed by atoms with Crippen molar-refractivity contribution in [2.24, 2.45) is 0 Å². The molecule has 8 rings (SSSR count). The van der Waals surface area contributed by atoms with Gasteiger partial charge in [-0.2, -0.15) is 0 Å². The highest BCUT2D eigenvalue weighted by molar-refractivity contribution is 6.26. The number of benzene rings is 7. The monoisotopic (exact) mass is 488 g/mol. The van der Waals surface area contributed by atoms with Gasteiger partial charge in [-0.15, -0.1) is 0 Å². The standard InChI is InChI=1S/C36H21FO/c37-25-18-16-22(17-19-25)34-26-10-3-5-12-28(26)35(29-13-6-4-11-27(29)34)30-14-7-15-32-36(30)31-20-23-8-1-2-9-24(23)21-33(31)38-32/h1-21H. The van der Waals surface area contributed by atoms with E-state index in [-0.39, 0.29) is 5.82 Å². The second kappa shape index (κ2) is 8.03. The van der Waals surface area contributed by atoms with Gasteiger partial charge in [0.15, 0.2) is 0 Å². The third kappa shape index (κ3) is 3.04. The van der Waals surface area contributed by atoms with Gasteiger partial charge in [-0.25, -0.2) is 4.39 Å². The summed E-state index contributed by atoms with van der Waals surface area (Å²) in [6.07, 6.45) is 0. The number of fused-ring (bicyclic) bond motifs is 6. The van der Waals surface area contributed by atoms with Gasteiger partial charge in [0.05, 0.1) is 0 Å². The molecule has 0 atom stereocenters. The third-order valence-corrected chi connectivity index (χ3v) is 7.70. The zero-order valence-corrected chi connectivity index (χ0v) is 20.4. The van der Waals surface area contributed by atoms with Crippen LogP contribution in [0.3, 0.4) is 0 Å². The van der Waals surface area contributed by atoms with E-state index in [9.17, 15) is 4.39 Å². The molecule has 0 aliphatic carbocycles. The van der Waals surface area contributed by atoms with E-state index in [1.165, 1.54) is 28.5 Å². The van der Waals surface area contributed by atoms with Crippen molar-refractivity contribution in [2.75, 3.05) is 0 Å². The Morgan fingerprint density at radius 3 is 1.68 bits per heavy atom. The smallest absolute Gasteiger partial charge is 0.136 e. The van der Waals surface area contributed by atoms with Crippen LogP contribution in [0, 0.1) is 5.82 Å². The van der Waals surface area contributed by atoms with E-state index >= 15 is 0 Å². The first-order valence-corrected chi connectivity index (χ1v) is 12.8. The number of rotatable bonds is 2. The Balaban J connectivity index is 1.55. The highest BCUT2D eigenvalue weighted by Crippen LogP contribution is 2.47. The fourth-order valence-electron chi connectivity index (χ4n) is 6.07. The van der Waals surface area contributed by atoms with E-state index in [0.717, 1.165) is 60.2 Å². The molecule has 0 aliphatic heterocycles. The molecule has 0 saturated heterocycles. The Morgan fingerprint density at radius 1 is 0.447 bits per heavy atom. The molecule has 0 aliphatic rings. The van der Waals surface area contributed by atoms with Crippen LogP contribution in [0.2, 0.25) is 0 Å². The van der Waals surface area contributed by atoms with Gasteiger partial charge >= 0.3 is 0 Å². The molecule has 0 amide bonds. The lowest BCUT2D eigenvalue weighted by molar-refractivity contribution is 0.628. The first-order chi connectivity index (χ1) is 18.8. The fraction of sp³-hybridized carbons (Fsp3) is 0. The predicted octanol–water partition coefficient (Wildman–Crippen LogP) is 10.5. The van der Waals surface area contributed by atoms with Gasteiger partial charge < -0.3 is 4.42 Å². The molecule has 7 aromatic carbocycles. The highest BCUT2D eigenvalue weighted by Gasteiger charge is 2.20. The van der Waals surface area contributed by atoms with Crippen LogP contribution in [0.4, 0.5) is 4.39 Å². The molecule has 178 valence electrons. The lowest BCUT2D eigenvalue weighted by atomic mass is 9.85. The average molecular weight is 489 g/mol. The summed E-state index contributed by atoms with van der Waals surface area (Å²) in [5.41, 5.74) is 6.23. The van der Waals surface area contributed by atoms with E-state index in [0.29, 0.717) is 0 Å². The van der Waals surface area contributed by atoms with Crippen LogP contribution < -0.4 is 0 Å². The third-order valence-electron chi connectivity index (χ3n) is 7.70. The van der Waals surface area contributed by atoms with Crippen molar-refractivity contribution in [1.82, 2.24) is 0 Å². The summed E-state index contributed by atoms with van der Waals surface area (Å²) >= 11 is 0. The zero-order chi connectivity index (χ0) is 25.2. The number of hydrogen-bond donors (Lipinski definition) is 0. The van der Waals surface area contributed by atoms with Crippen LogP contribution in [-0.2, 0) is 0 Å². The SMILES string of the molecule is Fc1ccc(-c2c3ccccc3c(-c3cccc4oc5cc6ccccc6cc5c34)c3ccccc23)cc1. The van der Waals surface area contributed by atoms with Crippen molar-refractivity contribution >= 4 is 54.3 Å². The number of furan rings is 1.